The largest absolute Gasteiger partial charge is 0.304 e. The molecule has 2 rings (SSSR count). The summed E-state index contributed by atoms with van der Waals surface area (Å²) in [6.45, 7) is 9.82. The van der Waals surface area contributed by atoms with E-state index in [1.54, 1.807) is 0 Å². The van der Waals surface area contributed by atoms with Crippen molar-refractivity contribution in [3.63, 3.8) is 0 Å². The maximum Gasteiger partial charge on any atom is 0.0985 e. The Morgan fingerprint density at radius 3 is 2.69 bits per heavy atom. The van der Waals surface area contributed by atoms with Crippen LogP contribution in [0.2, 0.25) is 0 Å². The van der Waals surface area contributed by atoms with Gasteiger partial charge in [0.15, 0.2) is 0 Å². The third-order valence-electron chi connectivity index (χ3n) is 2.34. The van der Waals surface area contributed by atoms with E-state index in [9.17, 15) is 0 Å². The number of hydrogen-bond donors (Lipinski definition) is 1. The Morgan fingerprint density at radius 2 is 2.15 bits per heavy atom. The van der Waals surface area contributed by atoms with E-state index in [0.29, 0.717) is 6.04 Å². The first-order valence-electron chi connectivity index (χ1n) is 4.72. The Labute approximate surface area is 83.4 Å². The average molecular weight is 196 g/mol. The molecule has 1 unspecified atom stereocenters. The summed E-state index contributed by atoms with van der Waals surface area (Å²) in [5.74, 6) is 0. The second-order valence-corrected chi connectivity index (χ2v) is 5.71. The van der Waals surface area contributed by atoms with Crippen molar-refractivity contribution in [1.29, 1.82) is 0 Å². The molecule has 0 bridgehead atoms. The zero-order valence-electron chi connectivity index (χ0n) is 8.64. The summed E-state index contributed by atoms with van der Waals surface area (Å²) in [4.78, 5) is 6.10. The lowest BCUT2D eigenvalue weighted by atomic mass is 9.98. The Hall–Kier alpha value is -0.410. The number of fused-ring (bicyclic) bond motifs is 1. The van der Waals surface area contributed by atoms with Gasteiger partial charge in [0.05, 0.1) is 10.7 Å². The number of nitrogens with one attached hydrogen (secondary N) is 1. The van der Waals surface area contributed by atoms with Crippen LogP contribution in [-0.2, 0) is 12.0 Å². The van der Waals surface area contributed by atoms with Crippen molar-refractivity contribution in [1.82, 2.24) is 10.3 Å². The van der Waals surface area contributed by atoms with Gasteiger partial charge in [-0.1, -0.05) is 20.8 Å². The fourth-order valence-electron chi connectivity index (χ4n) is 1.49. The van der Waals surface area contributed by atoms with Crippen LogP contribution in [0.3, 0.4) is 0 Å². The predicted octanol–water partition coefficient (Wildman–Crippen LogP) is 2.60. The Kier molecular flexibility index (Phi) is 1.96. The summed E-state index contributed by atoms with van der Waals surface area (Å²) in [6, 6.07) is 0.503. The van der Waals surface area contributed by atoms with Crippen LogP contribution >= 0.6 is 11.3 Å². The number of nitrogens with zero attached hydrogens (tertiary/aromatic N) is 1. The Balaban J connectivity index is 2.40. The van der Waals surface area contributed by atoms with Crippen LogP contribution in [0.15, 0.2) is 0 Å². The molecule has 1 aliphatic rings. The number of aromatic nitrogens is 1. The topological polar surface area (TPSA) is 24.9 Å². The molecule has 0 amide bonds. The van der Waals surface area contributed by atoms with Crippen LogP contribution < -0.4 is 5.32 Å². The molecule has 1 N–H and O–H groups in total. The summed E-state index contributed by atoms with van der Waals surface area (Å²) in [5.41, 5.74) is 1.47. The third kappa shape index (κ3) is 1.51. The zero-order valence-corrected chi connectivity index (χ0v) is 9.46. The van der Waals surface area contributed by atoms with E-state index in [1.807, 2.05) is 11.3 Å². The van der Waals surface area contributed by atoms with E-state index in [-0.39, 0.29) is 5.41 Å². The molecule has 1 aromatic heterocycles. The molecule has 1 aromatic rings. The molecule has 13 heavy (non-hydrogen) atoms. The van der Waals surface area contributed by atoms with Crippen LogP contribution in [-0.4, -0.2) is 4.98 Å². The number of hydrogen-bond acceptors (Lipinski definition) is 3. The van der Waals surface area contributed by atoms with Crippen molar-refractivity contribution in [2.75, 3.05) is 0 Å². The molecular formula is C10H16N2S. The fourth-order valence-corrected chi connectivity index (χ4v) is 2.66. The molecule has 72 valence electrons. The van der Waals surface area contributed by atoms with Crippen molar-refractivity contribution in [3.8, 4) is 0 Å². The minimum absolute atomic E-state index is 0.203. The summed E-state index contributed by atoms with van der Waals surface area (Å²) >= 11 is 1.86. The molecule has 0 aliphatic carbocycles. The molecule has 0 saturated carbocycles. The first kappa shape index (κ1) is 9.16. The zero-order chi connectivity index (χ0) is 9.64. The highest BCUT2D eigenvalue weighted by molar-refractivity contribution is 7.12. The first-order valence-corrected chi connectivity index (χ1v) is 5.53. The van der Waals surface area contributed by atoms with E-state index in [4.69, 9.17) is 0 Å². The lowest BCUT2D eigenvalue weighted by molar-refractivity contribution is 0.579. The van der Waals surface area contributed by atoms with Gasteiger partial charge >= 0.3 is 0 Å². The molecule has 0 saturated heterocycles. The summed E-state index contributed by atoms with van der Waals surface area (Å²) in [7, 11) is 0. The molecule has 2 heterocycles. The van der Waals surface area contributed by atoms with Crippen molar-refractivity contribution in [2.24, 2.45) is 0 Å². The van der Waals surface area contributed by atoms with Gasteiger partial charge in [0.1, 0.15) is 0 Å². The van der Waals surface area contributed by atoms with E-state index >= 15 is 0 Å². The van der Waals surface area contributed by atoms with E-state index < -0.39 is 0 Å². The highest BCUT2D eigenvalue weighted by atomic mass is 32.1. The second-order valence-electron chi connectivity index (χ2n) is 4.68. The molecule has 3 heteroatoms. The highest BCUT2D eigenvalue weighted by Crippen LogP contribution is 2.35. The van der Waals surface area contributed by atoms with Gasteiger partial charge in [-0.3, -0.25) is 0 Å². The van der Waals surface area contributed by atoms with Gasteiger partial charge in [0.2, 0.25) is 0 Å². The smallest absolute Gasteiger partial charge is 0.0985 e. The molecular weight excluding hydrogens is 180 g/mol. The van der Waals surface area contributed by atoms with Crippen LogP contribution in [0.25, 0.3) is 0 Å². The summed E-state index contributed by atoms with van der Waals surface area (Å²) < 4.78 is 0. The van der Waals surface area contributed by atoms with Gasteiger partial charge in [0.25, 0.3) is 0 Å². The molecule has 0 fully saturated rings. The Bertz CT molecular complexity index is 322. The maximum absolute atomic E-state index is 4.67. The van der Waals surface area contributed by atoms with Crippen LogP contribution in [0.1, 0.15) is 49.3 Å². The van der Waals surface area contributed by atoms with Crippen molar-refractivity contribution in [3.05, 3.63) is 15.6 Å². The Morgan fingerprint density at radius 1 is 1.46 bits per heavy atom. The maximum atomic E-state index is 4.67. The van der Waals surface area contributed by atoms with Crippen molar-refractivity contribution in [2.45, 2.75) is 45.7 Å². The summed E-state index contributed by atoms with van der Waals surface area (Å²) in [5, 5.41) is 4.66. The lowest BCUT2D eigenvalue weighted by Crippen LogP contribution is -2.12. The monoisotopic (exact) mass is 196 g/mol. The average Bonchev–Trinajstić information content (AvgIpc) is 2.51. The minimum Gasteiger partial charge on any atom is -0.304 e. The van der Waals surface area contributed by atoms with E-state index in [0.717, 1.165) is 6.54 Å². The normalized spacial score (nSPS) is 22.0. The van der Waals surface area contributed by atoms with Crippen molar-refractivity contribution < 1.29 is 0 Å². The van der Waals surface area contributed by atoms with Crippen LogP contribution in [0, 0.1) is 0 Å². The van der Waals surface area contributed by atoms with Gasteiger partial charge < -0.3 is 5.32 Å². The second kappa shape index (κ2) is 2.79. The number of rotatable bonds is 0. The SMILES string of the molecule is CC1NCc2nc(C(C)(C)C)sc21. The first-order chi connectivity index (χ1) is 5.98. The van der Waals surface area contributed by atoms with Crippen LogP contribution in [0.4, 0.5) is 0 Å². The van der Waals surface area contributed by atoms with Gasteiger partial charge in [-0.25, -0.2) is 4.98 Å². The summed E-state index contributed by atoms with van der Waals surface area (Å²) in [6.07, 6.45) is 0. The highest BCUT2D eigenvalue weighted by Gasteiger charge is 2.27. The molecule has 1 aliphatic heterocycles. The van der Waals surface area contributed by atoms with E-state index in [2.05, 4.69) is 38.0 Å². The molecule has 0 radical (unpaired) electrons. The lowest BCUT2D eigenvalue weighted by Gasteiger charge is -2.14. The molecule has 0 spiro atoms. The van der Waals surface area contributed by atoms with Gasteiger partial charge in [-0.15, -0.1) is 11.3 Å². The predicted molar refractivity (Wildman–Crippen MR) is 56.1 cm³/mol. The third-order valence-corrected chi connectivity index (χ3v) is 4.04. The molecule has 2 nitrogen and oxygen atoms in total. The van der Waals surface area contributed by atoms with Gasteiger partial charge in [0, 0.05) is 22.9 Å². The van der Waals surface area contributed by atoms with Gasteiger partial charge in [-0.05, 0) is 6.92 Å². The standard InChI is InChI=1S/C10H16N2S/c1-6-8-7(5-11-6)12-9(13-8)10(2,3)4/h6,11H,5H2,1-4H3. The molecule has 1 atom stereocenters. The quantitative estimate of drug-likeness (QED) is 0.690. The van der Waals surface area contributed by atoms with Crippen LogP contribution in [0.5, 0.6) is 0 Å². The van der Waals surface area contributed by atoms with Gasteiger partial charge in [-0.2, -0.15) is 0 Å². The molecule has 0 aromatic carbocycles. The van der Waals surface area contributed by atoms with E-state index in [1.165, 1.54) is 15.6 Å². The number of thiazole rings is 1. The fraction of sp³-hybridized carbons (Fsp3) is 0.700. The van der Waals surface area contributed by atoms with Crippen molar-refractivity contribution >= 4 is 11.3 Å². The minimum atomic E-state index is 0.203.